The van der Waals surface area contributed by atoms with Crippen molar-refractivity contribution in [3.63, 3.8) is 0 Å². The molecule has 23 heavy (non-hydrogen) atoms. The first-order valence-corrected chi connectivity index (χ1v) is 9.38. The quantitative estimate of drug-likeness (QED) is 0.800. The van der Waals surface area contributed by atoms with Crippen LogP contribution in [0, 0.1) is 5.41 Å². The van der Waals surface area contributed by atoms with Gasteiger partial charge in [-0.2, -0.15) is 0 Å². The van der Waals surface area contributed by atoms with Crippen LogP contribution in [0.3, 0.4) is 0 Å². The van der Waals surface area contributed by atoms with Gasteiger partial charge in [-0.25, -0.2) is 8.42 Å². The molecule has 0 radical (unpaired) electrons. The fourth-order valence-corrected chi connectivity index (χ4v) is 4.09. The predicted molar refractivity (Wildman–Crippen MR) is 89.1 cm³/mol. The summed E-state index contributed by atoms with van der Waals surface area (Å²) in [6.45, 7) is 2.98. The van der Waals surface area contributed by atoms with E-state index in [0.717, 1.165) is 0 Å². The van der Waals surface area contributed by atoms with Gasteiger partial charge in [-0.3, -0.25) is 9.59 Å². The van der Waals surface area contributed by atoms with Crippen LogP contribution in [-0.4, -0.2) is 37.8 Å². The van der Waals surface area contributed by atoms with Crippen LogP contribution in [0.25, 0.3) is 0 Å². The van der Waals surface area contributed by atoms with Crippen LogP contribution in [0.1, 0.15) is 20.3 Å². The van der Waals surface area contributed by atoms with Crippen LogP contribution in [-0.2, 0) is 19.4 Å². The van der Waals surface area contributed by atoms with Gasteiger partial charge in [-0.1, -0.05) is 17.7 Å². The summed E-state index contributed by atoms with van der Waals surface area (Å²) in [4.78, 5) is 24.7. The van der Waals surface area contributed by atoms with Gasteiger partial charge >= 0.3 is 0 Å². The SMILES string of the molecule is CC(C)(C(=O)Nc1cccc(Cl)c1)C(=O)NC1CCS(=O)(=O)C1. The summed E-state index contributed by atoms with van der Waals surface area (Å²) >= 11 is 5.86. The van der Waals surface area contributed by atoms with E-state index in [2.05, 4.69) is 10.6 Å². The Morgan fingerprint density at radius 1 is 1.26 bits per heavy atom. The number of sulfone groups is 1. The lowest BCUT2D eigenvalue weighted by Gasteiger charge is -2.24. The van der Waals surface area contributed by atoms with Crippen molar-refractivity contribution in [2.45, 2.75) is 26.3 Å². The highest BCUT2D eigenvalue weighted by molar-refractivity contribution is 7.91. The molecule has 2 amide bonds. The lowest BCUT2D eigenvalue weighted by molar-refractivity contribution is -0.138. The van der Waals surface area contributed by atoms with Crippen LogP contribution in [0.15, 0.2) is 24.3 Å². The van der Waals surface area contributed by atoms with E-state index in [-0.39, 0.29) is 11.5 Å². The average Bonchev–Trinajstić information content (AvgIpc) is 2.77. The molecule has 6 nitrogen and oxygen atoms in total. The van der Waals surface area contributed by atoms with Gasteiger partial charge in [0.15, 0.2) is 9.84 Å². The molecule has 1 aliphatic heterocycles. The molecule has 0 bridgehead atoms. The Labute approximate surface area is 140 Å². The molecule has 0 aliphatic carbocycles. The van der Waals surface area contributed by atoms with E-state index >= 15 is 0 Å². The van der Waals surface area contributed by atoms with Crippen molar-refractivity contribution in [3.8, 4) is 0 Å². The molecule has 1 heterocycles. The number of carbonyl (C=O) groups is 2. The number of carbonyl (C=O) groups excluding carboxylic acids is 2. The van der Waals surface area contributed by atoms with Crippen molar-refractivity contribution in [2.24, 2.45) is 5.41 Å². The van der Waals surface area contributed by atoms with Crippen LogP contribution in [0.5, 0.6) is 0 Å². The number of rotatable bonds is 4. The highest BCUT2D eigenvalue weighted by atomic mass is 35.5. The molecule has 2 rings (SSSR count). The van der Waals surface area contributed by atoms with Gasteiger partial charge in [0.2, 0.25) is 11.8 Å². The fraction of sp³-hybridized carbons (Fsp3) is 0.467. The van der Waals surface area contributed by atoms with Gasteiger partial charge in [-0.05, 0) is 38.5 Å². The number of nitrogens with one attached hydrogen (secondary N) is 2. The maximum Gasteiger partial charge on any atom is 0.239 e. The molecule has 1 saturated heterocycles. The first-order valence-electron chi connectivity index (χ1n) is 7.18. The lowest BCUT2D eigenvalue weighted by Crippen LogP contribution is -2.48. The summed E-state index contributed by atoms with van der Waals surface area (Å²) in [5.41, 5.74) is -0.846. The molecule has 0 spiro atoms. The second-order valence-electron chi connectivity index (χ2n) is 6.16. The van der Waals surface area contributed by atoms with Crippen LogP contribution in [0.4, 0.5) is 5.69 Å². The molecule has 1 unspecified atom stereocenters. The zero-order valence-electron chi connectivity index (χ0n) is 12.9. The Bertz CT molecular complexity index is 731. The molecular weight excluding hydrogens is 340 g/mol. The summed E-state index contributed by atoms with van der Waals surface area (Å²) in [5, 5.41) is 5.76. The van der Waals surface area contributed by atoms with Crippen molar-refractivity contribution in [1.29, 1.82) is 0 Å². The molecule has 1 atom stereocenters. The van der Waals surface area contributed by atoms with Gasteiger partial charge in [0, 0.05) is 16.8 Å². The maximum absolute atomic E-state index is 12.4. The minimum atomic E-state index is -3.09. The molecule has 2 N–H and O–H groups in total. The molecule has 0 aromatic heterocycles. The molecule has 1 aromatic carbocycles. The number of benzene rings is 1. The molecule has 126 valence electrons. The fourth-order valence-electron chi connectivity index (χ4n) is 2.23. The number of hydrogen-bond donors (Lipinski definition) is 2. The summed E-state index contributed by atoms with van der Waals surface area (Å²) in [6.07, 6.45) is 0.375. The number of amides is 2. The predicted octanol–water partition coefficient (Wildman–Crippen LogP) is 1.61. The topological polar surface area (TPSA) is 92.3 Å². The van der Waals surface area contributed by atoms with E-state index in [1.54, 1.807) is 24.3 Å². The summed E-state index contributed by atoms with van der Waals surface area (Å²) in [6, 6.07) is 6.17. The summed E-state index contributed by atoms with van der Waals surface area (Å²) in [7, 11) is -3.09. The average molecular weight is 359 g/mol. The smallest absolute Gasteiger partial charge is 0.239 e. The van der Waals surface area contributed by atoms with Crippen molar-refractivity contribution in [3.05, 3.63) is 29.3 Å². The standard InChI is InChI=1S/C15H19ClN2O4S/c1-15(2,13(19)17-11-5-3-4-10(16)8-11)14(20)18-12-6-7-23(21,22)9-12/h3-5,8,12H,6-7,9H2,1-2H3,(H,17,19)(H,18,20). The Morgan fingerprint density at radius 3 is 2.52 bits per heavy atom. The number of anilines is 1. The van der Waals surface area contributed by atoms with Crippen molar-refractivity contribution < 1.29 is 18.0 Å². The summed E-state index contributed by atoms with van der Waals surface area (Å²) < 4.78 is 22.9. The molecule has 8 heteroatoms. The minimum absolute atomic E-state index is 0.0626. The van der Waals surface area contributed by atoms with E-state index in [4.69, 9.17) is 11.6 Å². The van der Waals surface area contributed by atoms with E-state index < -0.39 is 33.1 Å². The number of hydrogen-bond acceptors (Lipinski definition) is 4. The summed E-state index contributed by atoms with van der Waals surface area (Å²) in [5.74, 6) is -1.00. The number of halogens is 1. The van der Waals surface area contributed by atoms with Crippen LogP contribution in [0.2, 0.25) is 5.02 Å². The van der Waals surface area contributed by atoms with Crippen LogP contribution >= 0.6 is 11.6 Å². The normalized spacial score (nSPS) is 20.0. The highest BCUT2D eigenvalue weighted by Crippen LogP contribution is 2.22. The zero-order chi connectivity index (χ0) is 17.3. The molecule has 0 saturated carbocycles. The second-order valence-corrected chi connectivity index (χ2v) is 8.83. The van der Waals surface area contributed by atoms with Gasteiger partial charge in [0.1, 0.15) is 5.41 Å². The third-order valence-electron chi connectivity index (χ3n) is 3.79. The lowest BCUT2D eigenvalue weighted by atomic mass is 9.90. The molecule has 1 fully saturated rings. The molecule has 1 aromatic rings. The monoisotopic (exact) mass is 358 g/mol. The van der Waals surface area contributed by atoms with E-state index in [0.29, 0.717) is 17.1 Å². The van der Waals surface area contributed by atoms with Gasteiger partial charge in [0.05, 0.1) is 11.5 Å². The van der Waals surface area contributed by atoms with Crippen molar-refractivity contribution >= 4 is 38.9 Å². The van der Waals surface area contributed by atoms with Crippen molar-refractivity contribution in [2.75, 3.05) is 16.8 Å². The second kappa shape index (κ2) is 6.49. The van der Waals surface area contributed by atoms with Crippen molar-refractivity contribution in [1.82, 2.24) is 5.32 Å². The molecule has 1 aliphatic rings. The van der Waals surface area contributed by atoms with E-state index in [1.807, 2.05) is 0 Å². The Balaban J connectivity index is 2.01. The first-order chi connectivity index (χ1) is 10.6. The van der Waals surface area contributed by atoms with Gasteiger partial charge in [0.25, 0.3) is 0 Å². The largest absolute Gasteiger partial charge is 0.351 e. The Hall–Kier alpha value is -1.60. The Morgan fingerprint density at radius 2 is 1.96 bits per heavy atom. The highest BCUT2D eigenvalue weighted by Gasteiger charge is 2.39. The van der Waals surface area contributed by atoms with Crippen LogP contribution < -0.4 is 10.6 Å². The van der Waals surface area contributed by atoms with Gasteiger partial charge < -0.3 is 10.6 Å². The maximum atomic E-state index is 12.4. The van der Waals surface area contributed by atoms with E-state index in [1.165, 1.54) is 13.8 Å². The third-order valence-corrected chi connectivity index (χ3v) is 5.79. The van der Waals surface area contributed by atoms with Gasteiger partial charge in [-0.15, -0.1) is 0 Å². The minimum Gasteiger partial charge on any atom is -0.351 e. The van der Waals surface area contributed by atoms with E-state index in [9.17, 15) is 18.0 Å². The first kappa shape index (κ1) is 17.7. The Kier molecular flexibility index (Phi) is 5.01. The zero-order valence-corrected chi connectivity index (χ0v) is 14.5. The molecular formula is C15H19ClN2O4S. The third kappa shape index (κ3) is 4.45.